The summed E-state index contributed by atoms with van der Waals surface area (Å²) in [6.45, 7) is 12.9. The predicted molar refractivity (Wildman–Crippen MR) is 70.6 cm³/mol. The minimum atomic E-state index is 0.411. The number of rotatable bonds is 6. The molecule has 1 saturated heterocycles. The van der Waals surface area contributed by atoms with Gasteiger partial charge in [-0.2, -0.15) is 0 Å². The maximum absolute atomic E-state index is 5.93. The van der Waals surface area contributed by atoms with Crippen LogP contribution in [-0.4, -0.2) is 54.6 Å². The van der Waals surface area contributed by atoms with Gasteiger partial charge in [0, 0.05) is 31.7 Å². The molecule has 0 amide bonds. The minimum absolute atomic E-state index is 0.411. The molecule has 96 valence electrons. The average Bonchev–Trinajstić information content (AvgIpc) is 2.29. The van der Waals surface area contributed by atoms with Gasteiger partial charge in [-0.1, -0.05) is 13.8 Å². The molecule has 0 aromatic rings. The molecule has 3 nitrogen and oxygen atoms in total. The lowest BCUT2D eigenvalue weighted by molar-refractivity contribution is 0.0866. The van der Waals surface area contributed by atoms with Crippen LogP contribution in [0.1, 0.15) is 40.0 Å². The molecule has 16 heavy (non-hydrogen) atoms. The van der Waals surface area contributed by atoms with Gasteiger partial charge in [0.25, 0.3) is 0 Å². The second-order valence-corrected chi connectivity index (χ2v) is 5.09. The molecule has 3 heteroatoms. The van der Waals surface area contributed by atoms with E-state index >= 15 is 0 Å². The molecule has 0 aromatic carbocycles. The zero-order valence-electron chi connectivity index (χ0n) is 11.3. The van der Waals surface area contributed by atoms with Crippen LogP contribution in [0.3, 0.4) is 0 Å². The van der Waals surface area contributed by atoms with E-state index in [1.54, 1.807) is 0 Å². The van der Waals surface area contributed by atoms with E-state index in [0.717, 1.165) is 12.5 Å². The molecule has 0 aliphatic carbocycles. The van der Waals surface area contributed by atoms with Gasteiger partial charge in [-0.25, -0.2) is 0 Å². The summed E-state index contributed by atoms with van der Waals surface area (Å²) in [6.07, 6.45) is 3.55. The van der Waals surface area contributed by atoms with Crippen LogP contribution < -0.4 is 5.73 Å². The molecule has 1 aliphatic heterocycles. The van der Waals surface area contributed by atoms with E-state index in [2.05, 4.69) is 30.6 Å². The number of hydrogen-bond donors (Lipinski definition) is 1. The second-order valence-electron chi connectivity index (χ2n) is 5.09. The third-order valence-corrected chi connectivity index (χ3v) is 3.83. The molecule has 0 aromatic heterocycles. The first-order chi connectivity index (χ1) is 7.67. The van der Waals surface area contributed by atoms with Crippen molar-refractivity contribution >= 4 is 0 Å². The number of likely N-dealkylation sites (N-methyl/N-ethyl adjacent to an activating group) is 1. The molecule has 1 aliphatic rings. The lowest BCUT2D eigenvalue weighted by Gasteiger charge is -2.39. The van der Waals surface area contributed by atoms with Crippen LogP contribution in [-0.2, 0) is 0 Å². The van der Waals surface area contributed by atoms with E-state index in [1.165, 1.54) is 45.6 Å². The SMILES string of the molecule is CCC(N)CCCN1CCN(CC)C(C)C1. The molecular formula is C13H29N3. The quantitative estimate of drug-likeness (QED) is 0.747. The van der Waals surface area contributed by atoms with Crippen LogP contribution in [0.4, 0.5) is 0 Å². The Bertz CT molecular complexity index is 184. The summed E-state index contributed by atoms with van der Waals surface area (Å²) in [5.74, 6) is 0. The molecule has 2 unspecified atom stereocenters. The molecule has 2 atom stereocenters. The van der Waals surface area contributed by atoms with Crippen LogP contribution in [0.25, 0.3) is 0 Å². The van der Waals surface area contributed by atoms with Crippen LogP contribution in [0, 0.1) is 0 Å². The highest BCUT2D eigenvalue weighted by Gasteiger charge is 2.21. The summed E-state index contributed by atoms with van der Waals surface area (Å²) in [4.78, 5) is 5.16. The number of nitrogens with two attached hydrogens (primary N) is 1. The van der Waals surface area contributed by atoms with Crippen molar-refractivity contribution < 1.29 is 0 Å². The van der Waals surface area contributed by atoms with E-state index in [1.807, 2.05) is 0 Å². The minimum Gasteiger partial charge on any atom is -0.328 e. The van der Waals surface area contributed by atoms with Crippen LogP contribution in [0.15, 0.2) is 0 Å². The van der Waals surface area contributed by atoms with E-state index < -0.39 is 0 Å². The summed E-state index contributed by atoms with van der Waals surface area (Å²) < 4.78 is 0. The Morgan fingerprint density at radius 2 is 2.06 bits per heavy atom. The van der Waals surface area contributed by atoms with Crippen molar-refractivity contribution in [1.82, 2.24) is 9.80 Å². The van der Waals surface area contributed by atoms with Crippen molar-refractivity contribution in [3.8, 4) is 0 Å². The third kappa shape index (κ3) is 4.40. The summed E-state index contributed by atoms with van der Waals surface area (Å²) in [5.41, 5.74) is 5.93. The Kier molecular flexibility index (Phi) is 6.32. The van der Waals surface area contributed by atoms with Gasteiger partial charge >= 0.3 is 0 Å². The van der Waals surface area contributed by atoms with E-state index in [-0.39, 0.29) is 0 Å². The van der Waals surface area contributed by atoms with E-state index in [9.17, 15) is 0 Å². The highest BCUT2D eigenvalue weighted by atomic mass is 15.3. The van der Waals surface area contributed by atoms with Crippen LogP contribution in [0.5, 0.6) is 0 Å². The lowest BCUT2D eigenvalue weighted by atomic mass is 10.1. The largest absolute Gasteiger partial charge is 0.328 e. The average molecular weight is 227 g/mol. The van der Waals surface area contributed by atoms with Gasteiger partial charge in [0.05, 0.1) is 0 Å². The maximum Gasteiger partial charge on any atom is 0.0195 e. The van der Waals surface area contributed by atoms with Gasteiger partial charge in [0.15, 0.2) is 0 Å². The van der Waals surface area contributed by atoms with Crippen molar-refractivity contribution in [2.75, 3.05) is 32.7 Å². The van der Waals surface area contributed by atoms with Crippen LogP contribution >= 0.6 is 0 Å². The smallest absolute Gasteiger partial charge is 0.0195 e. The predicted octanol–water partition coefficient (Wildman–Crippen LogP) is 1.53. The van der Waals surface area contributed by atoms with Gasteiger partial charge in [0.1, 0.15) is 0 Å². The Labute approximate surface area is 101 Å². The number of hydrogen-bond acceptors (Lipinski definition) is 3. The first-order valence-electron chi connectivity index (χ1n) is 6.89. The Hall–Kier alpha value is -0.120. The molecule has 0 bridgehead atoms. The summed E-state index contributed by atoms with van der Waals surface area (Å²) in [5, 5.41) is 0. The maximum atomic E-state index is 5.93. The molecule has 0 radical (unpaired) electrons. The van der Waals surface area contributed by atoms with E-state index in [4.69, 9.17) is 5.73 Å². The summed E-state index contributed by atoms with van der Waals surface area (Å²) in [6, 6.07) is 1.13. The molecule has 2 N–H and O–H groups in total. The van der Waals surface area contributed by atoms with Gasteiger partial charge in [0.2, 0.25) is 0 Å². The molecule has 1 fully saturated rings. The van der Waals surface area contributed by atoms with Crippen LogP contribution in [0.2, 0.25) is 0 Å². The summed E-state index contributed by atoms with van der Waals surface area (Å²) >= 11 is 0. The van der Waals surface area contributed by atoms with Crippen molar-refractivity contribution in [2.24, 2.45) is 5.73 Å². The summed E-state index contributed by atoms with van der Waals surface area (Å²) in [7, 11) is 0. The van der Waals surface area contributed by atoms with Gasteiger partial charge in [-0.15, -0.1) is 0 Å². The normalized spacial score (nSPS) is 25.9. The van der Waals surface area contributed by atoms with Crippen molar-refractivity contribution in [3.63, 3.8) is 0 Å². The monoisotopic (exact) mass is 227 g/mol. The van der Waals surface area contributed by atoms with Gasteiger partial charge in [-0.05, 0) is 39.3 Å². The Morgan fingerprint density at radius 3 is 2.62 bits per heavy atom. The van der Waals surface area contributed by atoms with Crippen molar-refractivity contribution in [2.45, 2.75) is 52.1 Å². The van der Waals surface area contributed by atoms with Crippen molar-refractivity contribution in [1.29, 1.82) is 0 Å². The lowest BCUT2D eigenvalue weighted by Crippen LogP contribution is -2.51. The first kappa shape index (κ1) is 13.9. The van der Waals surface area contributed by atoms with Gasteiger partial charge < -0.3 is 10.6 Å². The molecule has 0 saturated carbocycles. The zero-order valence-corrected chi connectivity index (χ0v) is 11.3. The van der Waals surface area contributed by atoms with E-state index in [0.29, 0.717) is 6.04 Å². The molecular weight excluding hydrogens is 198 g/mol. The third-order valence-electron chi connectivity index (χ3n) is 3.83. The number of piperazine rings is 1. The highest BCUT2D eigenvalue weighted by Crippen LogP contribution is 2.10. The van der Waals surface area contributed by atoms with Gasteiger partial charge in [-0.3, -0.25) is 4.90 Å². The zero-order chi connectivity index (χ0) is 12.0. The second kappa shape index (κ2) is 7.25. The first-order valence-corrected chi connectivity index (χ1v) is 6.89. The highest BCUT2D eigenvalue weighted by molar-refractivity contribution is 4.78. The Morgan fingerprint density at radius 1 is 1.31 bits per heavy atom. The number of nitrogens with zero attached hydrogens (tertiary/aromatic N) is 2. The molecule has 1 heterocycles. The molecule has 0 spiro atoms. The topological polar surface area (TPSA) is 32.5 Å². The Balaban J connectivity index is 2.15. The fourth-order valence-corrected chi connectivity index (χ4v) is 2.52. The standard InChI is InChI=1S/C13H29N3/c1-4-13(14)7-6-8-15-9-10-16(5-2)12(3)11-15/h12-13H,4-11,14H2,1-3H3. The fourth-order valence-electron chi connectivity index (χ4n) is 2.52. The fraction of sp³-hybridized carbons (Fsp3) is 1.00. The molecule has 1 rings (SSSR count). The van der Waals surface area contributed by atoms with Crippen molar-refractivity contribution in [3.05, 3.63) is 0 Å².